The SMILES string of the molecule is Cc1nnc(N[C@H](C)c2cccc(C(F)(F)F)c2)c2cc(N3CCN(C(=O)C4COC4)CC3)cnc12. The first kappa shape index (κ1) is 24.2. The lowest BCUT2D eigenvalue weighted by molar-refractivity contribution is -0.150. The van der Waals surface area contributed by atoms with E-state index < -0.39 is 17.8 Å². The van der Waals surface area contributed by atoms with Crippen molar-refractivity contribution >= 4 is 28.3 Å². The molecule has 0 spiro atoms. The molecular weight excluding hydrogens is 473 g/mol. The van der Waals surface area contributed by atoms with Crippen LogP contribution in [-0.2, 0) is 15.7 Å². The average molecular weight is 501 g/mol. The van der Waals surface area contributed by atoms with E-state index in [-0.39, 0.29) is 11.8 Å². The van der Waals surface area contributed by atoms with Gasteiger partial charge in [0.05, 0.1) is 53.8 Å². The summed E-state index contributed by atoms with van der Waals surface area (Å²) in [5, 5.41) is 12.4. The third-order valence-electron chi connectivity index (χ3n) is 6.78. The molecule has 2 aromatic heterocycles. The van der Waals surface area contributed by atoms with Gasteiger partial charge in [-0.25, -0.2) is 0 Å². The maximum atomic E-state index is 13.2. The Hall–Kier alpha value is -3.47. The van der Waals surface area contributed by atoms with Gasteiger partial charge in [-0.05, 0) is 37.6 Å². The largest absolute Gasteiger partial charge is 0.416 e. The van der Waals surface area contributed by atoms with Gasteiger partial charge in [-0.1, -0.05) is 12.1 Å². The lowest BCUT2D eigenvalue weighted by atomic mass is 10.0. The molecule has 1 amide bonds. The highest BCUT2D eigenvalue weighted by atomic mass is 19.4. The van der Waals surface area contributed by atoms with Gasteiger partial charge in [-0.2, -0.15) is 18.3 Å². The van der Waals surface area contributed by atoms with Crippen molar-refractivity contribution in [1.82, 2.24) is 20.1 Å². The van der Waals surface area contributed by atoms with E-state index in [1.165, 1.54) is 6.07 Å². The minimum atomic E-state index is -4.41. The molecule has 1 atom stereocenters. The number of piperazine rings is 1. The summed E-state index contributed by atoms with van der Waals surface area (Å²) in [7, 11) is 0. The van der Waals surface area contributed by atoms with Gasteiger partial charge in [-0.3, -0.25) is 9.78 Å². The molecule has 1 N–H and O–H groups in total. The molecule has 11 heteroatoms. The summed E-state index contributed by atoms with van der Waals surface area (Å²) in [5.41, 5.74) is 2.02. The number of hydrogen-bond donors (Lipinski definition) is 1. The van der Waals surface area contributed by atoms with Crippen LogP contribution in [0.3, 0.4) is 0 Å². The number of alkyl halides is 3. The minimum Gasteiger partial charge on any atom is -0.380 e. The lowest BCUT2D eigenvalue weighted by Crippen LogP contribution is -2.53. The van der Waals surface area contributed by atoms with Crippen molar-refractivity contribution in [3.05, 3.63) is 53.3 Å². The van der Waals surface area contributed by atoms with Crippen molar-refractivity contribution < 1.29 is 22.7 Å². The maximum Gasteiger partial charge on any atom is 0.416 e. The number of nitrogens with one attached hydrogen (secondary N) is 1. The molecule has 190 valence electrons. The van der Waals surface area contributed by atoms with E-state index in [9.17, 15) is 18.0 Å². The average Bonchev–Trinajstić information content (AvgIpc) is 2.84. The van der Waals surface area contributed by atoms with E-state index in [2.05, 4.69) is 25.4 Å². The fourth-order valence-electron chi connectivity index (χ4n) is 4.52. The van der Waals surface area contributed by atoms with Gasteiger partial charge in [0, 0.05) is 31.6 Å². The second kappa shape index (κ2) is 9.53. The van der Waals surface area contributed by atoms with E-state index in [4.69, 9.17) is 4.74 Å². The van der Waals surface area contributed by atoms with Crippen molar-refractivity contribution in [2.75, 3.05) is 49.6 Å². The minimum absolute atomic E-state index is 0.0205. The van der Waals surface area contributed by atoms with Gasteiger partial charge in [0.2, 0.25) is 5.91 Å². The smallest absolute Gasteiger partial charge is 0.380 e. The quantitative estimate of drug-likeness (QED) is 0.570. The highest BCUT2D eigenvalue weighted by Crippen LogP contribution is 2.33. The first-order valence-corrected chi connectivity index (χ1v) is 11.9. The monoisotopic (exact) mass is 500 g/mol. The second-order valence-electron chi connectivity index (χ2n) is 9.26. The van der Waals surface area contributed by atoms with Crippen molar-refractivity contribution in [3.63, 3.8) is 0 Å². The number of carbonyl (C=O) groups is 1. The summed E-state index contributed by atoms with van der Waals surface area (Å²) < 4.78 is 44.7. The summed E-state index contributed by atoms with van der Waals surface area (Å²) in [6, 6.07) is 6.78. The molecule has 0 radical (unpaired) electrons. The third-order valence-corrected chi connectivity index (χ3v) is 6.78. The first-order valence-electron chi connectivity index (χ1n) is 11.9. The summed E-state index contributed by atoms with van der Waals surface area (Å²) in [6.45, 7) is 7.20. The Balaban J connectivity index is 1.36. The molecule has 0 saturated carbocycles. The third kappa shape index (κ3) is 4.79. The number of hydrogen-bond acceptors (Lipinski definition) is 7. The molecule has 0 unspecified atom stereocenters. The number of ether oxygens (including phenoxy) is 1. The molecule has 8 nitrogen and oxygen atoms in total. The number of nitrogens with zero attached hydrogens (tertiary/aromatic N) is 5. The van der Waals surface area contributed by atoms with Crippen molar-refractivity contribution in [2.24, 2.45) is 5.92 Å². The van der Waals surface area contributed by atoms with Crippen LogP contribution in [0, 0.1) is 12.8 Å². The Morgan fingerprint density at radius 1 is 1.14 bits per heavy atom. The number of anilines is 2. The first-order chi connectivity index (χ1) is 17.2. The number of pyridine rings is 1. The summed E-state index contributed by atoms with van der Waals surface area (Å²) in [6.07, 6.45) is -2.63. The van der Waals surface area contributed by atoms with Gasteiger partial charge < -0.3 is 19.9 Å². The van der Waals surface area contributed by atoms with Crippen LogP contribution >= 0.6 is 0 Å². The Kier molecular flexibility index (Phi) is 6.42. The molecule has 2 fully saturated rings. The molecule has 0 aliphatic carbocycles. The van der Waals surface area contributed by atoms with E-state index in [0.29, 0.717) is 62.0 Å². The Bertz CT molecular complexity index is 1270. The number of amides is 1. The molecule has 2 aliphatic rings. The lowest BCUT2D eigenvalue weighted by Gasteiger charge is -2.39. The maximum absolute atomic E-state index is 13.2. The highest BCUT2D eigenvalue weighted by Gasteiger charge is 2.33. The zero-order valence-electron chi connectivity index (χ0n) is 20.0. The van der Waals surface area contributed by atoms with Gasteiger partial charge in [0.25, 0.3) is 0 Å². The number of halogens is 3. The Morgan fingerprint density at radius 2 is 1.89 bits per heavy atom. The zero-order chi connectivity index (χ0) is 25.4. The number of carbonyl (C=O) groups excluding carboxylic acids is 1. The zero-order valence-corrected chi connectivity index (χ0v) is 20.0. The fraction of sp³-hybridized carbons (Fsp3) is 0.440. The predicted octanol–water partition coefficient (Wildman–Crippen LogP) is 3.82. The van der Waals surface area contributed by atoms with Gasteiger partial charge in [0.15, 0.2) is 5.82 Å². The summed E-state index contributed by atoms with van der Waals surface area (Å²) in [4.78, 5) is 21.2. The van der Waals surface area contributed by atoms with E-state index in [1.54, 1.807) is 19.2 Å². The van der Waals surface area contributed by atoms with Crippen LogP contribution in [-0.4, -0.2) is 65.4 Å². The van der Waals surface area contributed by atoms with E-state index in [1.807, 2.05) is 17.9 Å². The van der Waals surface area contributed by atoms with Crippen LogP contribution in [0.1, 0.15) is 29.8 Å². The number of rotatable bonds is 5. The van der Waals surface area contributed by atoms with Crippen LogP contribution in [0.15, 0.2) is 36.5 Å². The summed E-state index contributed by atoms with van der Waals surface area (Å²) in [5.74, 6) is 0.583. The number of aromatic nitrogens is 3. The van der Waals surface area contributed by atoms with Crippen LogP contribution in [0.25, 0.3) is 10.9 Å². The molecule has 4 heterocycles. The number of fused-ring (bicyclic) bond motifs is 1. The van der Waals surface area contributed by atoms with Crippen LogP contribution in [0.2, 0.25) is 0 Å². The molecule has 2 aliphatic heterocycles. The Morgan fingerprint density at radius 3 is 2.56 bits per heavy atom. The number of aryl methyl sites for hydroxylation is 1. The van der Waals surface area contributed by atoms with Crippen molar-refractivity contribution in [1.29, 1.82) is 0 Å². The molecule has 2 saturated heterocycles. The van der Waals surface area contributed by atoms with Crippen LogP contribution < -0.4 is 10.2 Å². The number of benzene rings is 1. The molecule has 0 bridgehead atoms. The standard InChI is InChI=1S/C25H27F3N6O2/c1-15(17-4-3-5-19(10-17)25(26,27)28)30-23-21-11-20(12-29-22(21)16(2)31-32-23)33-6-8-34(9-7-33)24(35)18-13-36-14-18/h3-5,10-12,15,18H,6-9,13-14H2,1-2H3,(H,30,32)/t15-/m1/s1. The molecule has 1 aromatic carbocycles. The van der Waals surface area contributed by atoms with Crippen LogP contribution in [0.4, 0.5) is 24.7 Å². The molecular formula is C25H27F3N6O2. The van der Waals surface area contributed by atoms with Crippen LogP contribution in [0.5, 0.6) is 0 Å². The van der Waals surface area contributed by atoms with Gasteiger partial charge in [-0.15, -0.1) is 5.10 Å². The second-order valence-corrected chi connectivity index (χ2v) is 9.26. The molecule has 36 heavy (non-hydrogen) atoms. The predicted molar refractivity (Wildman–Crippen MR) is 129 cm³/mol. The highest BCUT2D eigenvalue weighted by molar-refractivity contribution is 5.92. The fourth-order valence-corrected chi connectivity index (χ4v) is 4.52. The van der Waals surface area contributed by atoms with Gasteiger partial charge >= 0.3 is 6.18 Å². The van der Waals surface area contributed by atoms with Crippen molar-refractivity contribution in [2.45, 2.75) is 26.1 Å². The van der Waals surface area contributed by atoms with E-state index >= 15 is 0 Å². The van der Waals surface area contributed by atoms with Crippen molar-refractivity contribution in [3.8, 4) is 0 Å². The van der Waals surface area contributed by atoms with E-state index in [0.717, 1.165) is 23.2 Å². The topological polar surface area (TPSA) is 83.5 Å². The Labute approximate surface area is 206 Å². The summed E-state index contributed by atoms with van der Waals surface area (Å²) >= 11 is 0. The molecule has 5 rings (SSSR count). The normalized spacial score (nSPS) is 17.7. The molecule has 3 aromatic rings. The van der Waals surface area contributed by atoms with Gasteiger partial charge in [0.1, 0.15) is 0 Å².